The summed E-state index contributed by atoms with van der Waals surface area (Å²) in [6.07, 6.45) is -1.80. The number of phenols is 9. The molecule has 0 saturated carbocycles. The van der Waals surface area contributed by atoms with Gasteiger partial charge in [0.1, 0.15) is 5.69 Å². The lowest BCUT2D eigenvalue weighted by Crippen LogP contribution is -2.47. The first-order valence-corrected chi connectivity index (χ1v) is 11.4. The van der Waals surface area contributed by atoms with Gasteiger partial charge in [0.15, 0.2) is 39.6 Å². The van der Waals surface area contributed by atoms with E-state index >= 15 is 0 Å². The van der Waals surface area contributed by atoms with E-state index in [1.807, 2.05) is 0 Å². The second-order valence-electron chi connectivity index (χ2n) is 8.04. The summed E-state index contributed by atoms with van der Waals surface area (Å²) in [6, 6.07) is 0. The number of hydrogen-bond acceptors (Lipinski definition) is 16. The van der Waals surface area contributed by atoms with Gasteiger partial charge >= 0.3 is 0 Å². The minimum Gasteiger partial charge on any atom is -0.504 e. The number of carbonyl (C=O) groups is 1. The quantitative estimate of drug-likeness (QED) is 0.0877. The molecule has 17 heteroatoms. The molecule has 0 atom stereocenters. The van der Waals surface area contributed by atoms with Gasteiger partial charge in [-0.2, -0.15) is 0 Å². The van der Waals surface area contributed by atoms with Gasteiger partial charge in [0.2, 0.25) is 29.1 Å². The van der Waals surface area contributed by atoms with Crippen molar-refractivity contribution < 1.29 is 61.0 Å². The predicted octanol–water partition coefficient (Wildman–Crippen LogP) is -0.730. The molecule has 0 unspecified atom stereocenters. The van der Waals surface area contributed by atoms with Crippen molar-refractivity contribution in [1.82, 2.24) is 10.3 Å². The monoisotopic (exact) mass is 556 g/mol. The number of phenolic OH excluding ortho intramolecular Hbond substituents is 9. The van der Waals surface area contributed by atoms with E-state index in [1.54, 1.807) is 0 Å². The first-order chi connectivity index (χ1) is 17.6. The molecule has 0 aliphatic heterocycles. The van der Waals surface area contributed by atoms with Crippen LogP contribution in [0.15, 0.2) is 5.38 Å². The second kappa shape index (κ2) is 10.4. The van der Waals surface area contributed by atoms with Gasteiger partial charge in [0.25, 0.3) is 0 Å². The first-order valence-electron chi connectivity index (χ1n) is 10.5. The second-order valence-corrected chi connectivity index (χ2v) is 8.93. The number of aromatic hydroxyl groups is 9. The summed E-state index contributed by atoms with van der Waals surface area (Å²) in [5.74, 6) is -13.6. The van der Waals surface area contributed by atoms with E-state index in [4.69, 9.17) is 5.73 Å². The van der Waals surface area contributed by atoms with E-state index in [1.165, 1.54) is 5.38 Å². The van der Waals surface area contributed by atoms with Gasteiger partial charge in [-0.3, -0.25) is 10.1 Å². The Morgan fingerprint density at radius 2 is 1.32 bits per heavy atom. The van der Waals surface area contributed by atoms with Crippen LogP contribution in [-0.2, 0) is 24.1 Å². The molecule has 38 heavy (non-hydrogen) atoms. The third-order valence-corrected chi connectivity index (χ3v) is 6.07. The van der Waals surface area contributed by atoms with Crippen molar-refractivity contribution in [3.8, 4) is 51.7 Å². The van der Waals surface area contributed by atoms with Crippen molar-refractivity contribution in [3.05, 3.63) is 22.2 Å². The van der Waals surface area contributed by atoms with Crippen LogP contribution in [0.3, 0.4) is 0 Å². The number of benzene rings is 2. The lowest BCUT2D eigenvalue weighted by molar-refractivity contribution is -0.183. The average molecular weight is 557 g/mol. The fraction of sp³-hybridized carbons (Fsp3) is 0.238. The van der Waals surface area contributed by atoms with Gasteiger partial charge in [-0.25, -0.2) is 4.98 Å². The number of nitrogens with two attached hydrogens (primary N) is 1. The van der Waals surface area contributed by atoms with E-state index in [2.05, 4.69) is 15.6 Å². The first kappa shape index (κ1) is 28.0. The number of anilines is 2. The van der Waals surface area contributed by atoms with E-state index in [-0.39, 0.29) is 11.6 Å². The van der Waals surface area contributed by atoms with Crippen LogP contribution in [0.25, 0.3) is 0 Å². The zero-order valence-electron chi connectivity index (χ0n) is 19.2. The Kier molecular flexibility index (Phi) is 7.68. The van der Waals surface area contributed by atoms with Crippen LogP contribution >= 0.6 is 11.3 Å². The Morgan fingerprint density at radius 3 is 1.82 bits per heavy atom. The lowest BCUT2D eigenvalue weighted by atomic mass is 10.0. The maximum Gasteiger partial charge on any atom is 0.230 e. The number of amides is 1. The normalized spacial score (nSPS) is 11.5. The fourth-order valence-corrected chi connectivity index (χ4v) is 4.02. The van der Waals surface area contributed by atoms with E-state index in [9.17, 15) is 61.0 Å². The SMILES string of the molecule is Nc1nc(CC(=O)Nc2c(O)c(O)c(CCNC(O)(O)Cc3c(O)c(O)c(O)c(O)c3O)c(O)c2O)cs1. The molecular weight excluding hydrogens is 532 g/mol. The zero-order chi connectivity index (χ0) is 28.5. The number of nitrogens with one attached hydrogen (secondary N) is 2. The lowest BCUT2D eigenvalue weighted by Gasteiger charge is -2.25. The van der Waals surface area contributed by atoms with Gasteiger partial charge in [-0.1, -0.05) is 0 Å². The van der Waals surface area contributed by atoms with Gasteiger partial charge in [0, 0.05) is 23.9 Å². The molecule has 1 aromatic heterocycles. The van der Waals surface area contributed by atoms with Crippen molar-refractivity contribution >= 4 is 28.1 Å². The van der Waals surface area contributed by atoms with Crippen molar-refractivity contribution in [2.75, 3.05) is 17.6 Å². The average Bonchev–Trinajstić information content (AvgIpc) is 3.27. The minimum atomic E-state index is -2.94. The third-order valence-electron chi connectivity index (χ3n) is 5.34. The van der Waals surface area contributed by atoms with Crippen LogP contribution in [0.4, 0.5) is 10.8 Å². The number of rotatable bonds is 9. The van der Waals surface area contributed by atoms with Crippen LogP contribution in [0, 0.1) is 0 Å². The number of carbonyl (C=O) groups excluding carboxylic acids is 1. The van der Waals surface area contributed by atoms with E-state index in [0.29, 0.717) is 5.69 Å². The summed E-state index contributed by atoms with van der Waals surface area (Å²) in [7, 11) is 0. The maximum absolute atomic E-state index is 12.2. The molecule has 206 valence electrons. The molecule has 0 spiro atoms. The number of aliphatic hydroxyl groups is 2. The number of nitrogen functional groups attached to an aromatic ring is 1. The predicted molar refractivity (Wildman–Crippen MR) is 129 cm³/mol. The van der Waals surface area contributed by atoms with E-state index in [0.717, 1.165) is 11.3 Å². The summed E-state index contributed by atoms with van der Waals surface area (Å²) in [5.41, 5.74) is 3.89. The molecule has 16 nitrogen and oxygen atoms in total. The van der Waals surface area contributed by atoms with Crippen molar-refractivity contribution in [2.45, 2.75) is 25.2 Å². The van der Waals surface area contributed by atoms with Crippen molar-refractivity contribution in [3.63, 3.8) is 0 Å². The largest absolute Gasteiger partial charge is 0.504 e. The zero-order valence-corrected chi connectivity index (χ0v) is 20.0. The molecule has 0 aliphatic carbocycles. The highest BCUT2D eigenvalue weighted by molar-refractivity contribution is 7.13. The molecule has 2 aromatic carbocycles. The number of aromatic nitrogens is 1. The smallest absolute Gasteiger partial charge is 0.230 e. The number of thiazole rings is 1. The molecule has 0 aliphatic rings. The standard InChI is InChI=1S/C21H24N4O12S/c22-20-24-6(5-38-20)3-9(26)25-10-15(31)11(27)7(12(28)16(10)32)1-2-23-21(36,37)4-8-13(29)17(33)19(35)18(34)14(8)30/h5,23,27-37H,1-4H2,(H2,22,24)(H,25,26). The van der Waals surface area contributed by atoms with Crippen molar-refractivity contribution in [1.29, 1.82) is 0 Å². The molecule has 0 radical (unpaired) electrons. The Balaban J connectivity index is 1.73. The molecule has 0 saturated heterocycles. The van der Waals surface area contributed by atoms with Gasteiger partial charge in [-0.05, 0) is 6.42 Å². The van der Waals surface area contributed by atoms with Gasteiger partial charge < -0.3 is 67.2 Å². The molecule has 15 N–H and O–H groups in total. The summed E-state index contributed by atoms with van der Waals surface area (Å²) in [6.45, 7) is -0.485. The Morgan fingerprint density at radius 1 is 0.816 bits per heavy atom. The molecule has 3 rings (SSSR count). The summed E-state index contributed by atoms with van der Waals surface area (Å²) in [5, 5.41) is 116. The van der Waals surface area contributed by atoms with Gasteiger partial charge in [0.05, 0.1) is 17.7 Å². The van der Waals surface area contributed by atoms with Crippen LogP contribution in [0.1, 0.15) is 16.8 Å². The molecule has 1 amide bonds. The maximum atomic E-state index is 12.2. The minimum absolute atomic E-state index is 0.217. The third kappa shape index (κ3) is 5.54. The molecule has 1 heterocycles. The van der Waals surface area contributed by atoms with Crippen LogP contribution < -0.4 is 16.4 Å². The molecule has 3 aromatic rings. The van der Waals surface area contributed by atoms with E-state index < -0.39 is 99.8 Å². The van der Waals surface area contributed by atoms with Crippen LogP contribution in [0.5, 0.6) is 51.7 Å². The van der Waals surface area contributed by atoms with Gasteiger partial charge in [-0.15, -0.1) is 11.3 Å². The summed E-state index contributed by atoms with van der Waals surface area (Å²) < 4.78 is 0. The Labute approximate surface area is 216 Å². The topological polar surface area (TPSA) is 303 Å². The van der Waals surface area contributed by atoms with Crippen molar-refractivity contribution in [2.24, 2.45) is 0 Å². The highest BCUT2D eigenvalue weighted by atomic mass is 32.1. The molecule has 0 bridgehead atoms. The highest BCUT2D eigenvalue weighted by Crippen LogP contribution is 2.52. The summed E-state index contributed by atoms with van der Waals surface area (Å²) >= 11 is 1.09. The van der Waals surface area contributed by atoms with Crippen LogP contribution in [-0.4, -0.2) is 79.5 Å². The fourth-order valence-electron chi connectivity index (χ4n) is 3.45. The number of hydrogen-bond donors (Lipinski definition) is 14. The molecular formula is C21H24N4O12S. The Hall–Kier alpha value is -4.58. The highest BCUT2D eigenvalue weighted by Gasteiger charge is 2.32. The number of nitrogens with zero attached hydrogens (tertiary/aromatic N) is 1. The molecule has 0 fully saturated rings. The van der Waals surface area contributed by atoms with Crippen LogP contribution in [0.2, 0.25) is 0 Å². The summed E-state index contributed by atoms with van der Waals surface area (Å²) in [4.78, 5) is 16.1. The Bertz CT molecular complexity index is 1330.